The summed E-state index contributed by atoms with van der Waals surface area (Å²) in [6, 6.07) is 15.9. The number of hydrogen-bond donors (Lipinski definition) is 1. The number of aryl methyl sites for hydroxylation is 1. The second-order valence-electron chi connectivity index (χ2n) is 5.62. The first-order valence-electron chi connectivity index (χ1n) is 7.58. The molecule has 124 valence electrons. The minimum absolute atomic E-state index is 0.126. The lowest BCUT2D eigenvalue weighted by molar-refractivity contribution is 0.367. The van der Waals surface area contributed by atoms with E-state index in [2.05, 4.69) is 27.1 Å². The lowest BCUT2D eigenvalue weighted by atomic mass is 9.89. The Morgan fingerprint density at radius 3 is 2.68 bits per heavy atom. The number of thiophene rings is 1. The maximum absolute atomic E-state index is 9.64. The van der Waals surface area contributed by atoms with Crippen LogP contribution in [0.1, 0.15) is 22.1 Å². The average molecular weight is 413 g/mol. The highest BCUT2D eigenvalue weighted by atomic mass is 79.9. The van der Waals surface area contributed by atoms with Crippen molar-refractivity contribution in [2.75, 3.05) is 0 Å². The summed E-state index contributed by atoms with van der Waals surface area (Å²) in [5.74, 6) is 0.416. The van der Waals surface area contributed by atoms with Crippen LogP contribution in [0.25, 0.3) is 5.69 Å². The van der Waals surface area contributed by atoms with E-state index in [0.29, 0.717) is 11.5 Å². The molecule has 3 heterocycles. The van der Waals surface area contributed by atoms with E-state index in [0.717, 1.165) is 25.6 Å². The highest BCUT2D eigenvalue weighted by Crippen LogP contribution is 2.46. The van der Waals surface area contributed by atoms with Crippen molar-refractivity contribution in [3.63, 3.8) is 0 Å². The number of para-hydroxylation sites is 1. The second-order valence-corrected chi connectivity index (χ2v) is 8.11. The number of nitrogens with two attached hydrogens (primary N) is 1. The predicted molar refractivity (Wildman–Crippen MR) is 99.6 cm³/mol. The quantitative estimate of drug-likeness (QED) is 0.683. The first kappa shape index (κ1) is 15.9. The van der Waals surface area contributed by atoms with E-state index in [-0.39, 0.29) is 11.8 Å². The van der Waals surface area contributed by atoms with Crippen LogP contribution < -0.4 is 10.5 Å². The lowest BCUT2D eigenvalue weighted by Crippen LogP contribution is -2.21. The van der Waals surface area contributed by atoms with Crippen LogP contribution in [-0.2, 0) is 0 Å². The Morgan fingerprint density at radius 2 is 2.04 bits per heavy atom. The van der Waals surface area contributed by atoms with Crippen LogP contribution in [0.15, 0.2) is 57.7 Å². The van der Waals surface area contributed by atoms with Crippen molar-refractivity contribution in [3.8, 4) is 17.6 Å². The van der Waals surface area contributed by atoms with Crippen molar-refractivity contribution >= 4 is 27.3 Å². The van der Waals surface area contributed by atoms with Gasteiger partial charge in [0.25, 0.3) is 0 Å². The van der Waals surface area contributed by atoms with Gasteiger partial charge in [-0.1, -0.05) is 18.2 Å². The number of benzene rings is 1. The molecule has 2 aromatic heterocycles. The Balaban J connectivity index is 1.96. The normalized spacial score (nSPS) is 16.3. The topological polar surface area (TPSA) is 76.9 Å². The van der Waals surface area contributed by atoms with Gasteiger partial charge in [-0.3, -0.25) is 0 Å². The summed E-state index contributed by atoms with van der Waals surface area (Å²) in [5.41, 5.74) is 9.07. The number of nitrogens with zero attached hydrogens (tertiary/aromatic N) is 3. The van der Waals surface area contributed by atoms with Crippen LogP contribution in [0.5, 0.6) is 5.88 Å². The number of rotatable bonds is 2. The van der Waals surface area contributed by atoms with E-state index < -0.39 is 0 Å². The molecule has 3 aromatic rings. The Hall–Kier alpha value is -2.56. The molecule has 0 fully saturated rings. The zero-order chi connectivity index (χ0) is 17.6. The molecule has 4 rings (SSSR count). The third-order valence-corrected chi connectivity index (χ3v) is 5.80. The fraction of sp³-hybridized carbons (Fsp3) is 0.111. The Kier molecular flexibility index (Phi) is 3.86. The van der Waals surface area contributed by atoms with E-state index >= 15 is 0 Å². The summed E-state index contributed by atoms with van der Waals surface area (Å²) in [6.07, 6.45) is 0. The van der Waals surface area contributed by atoms with Gasteiger partial charge in [-0.2, -0.15) is 10.4 Å². The zero-order valence-corrected chi connectivity index (χ0v) is 15.6. The Bertz CT molecular complexity index is 1030. The molecular formula is C18H13BrN4OS. The van der Waals surface area contributed by atoms with Crippen LogP contribution in [-0.4, -0.2) is 9.78 Å². The van der Waals surface area contributed by atoms with Gasteiger partial charge in [0.2, 0.25) is 11.8 Å². The molecule has 0 spiro atoms. The van der Waals surface area contributed by atoms with Crippen molar-refractivity contribution in [1.29, 1.82) is 5.26 Å². The fourth-order valence-corrected chi connectivity index (χ4v) is 4.57. The highest BCUT2D eigenvalue weighted by Gasteiger charge is 2.36. The van der Waals surface area contributed by atoms with Crippen molar-refractivity contribution in [2.24, 2.45) is 5.73 Å². The second kappa shape index (κ2) is 6.06. The molecule has 0 radical (unpaired) electrons. The number of aromatic nitrogens is 2. The summed E-state index contributed by atoms with van der Waals surface area (Å²) in [5, 5.41) is 14.3. The van der Waals surface area contributed by atoms with Crippen molar-refractivity contribution in [1.82, 2.24) is 9.78 Å². The van der Waals surface area contributed by atoms with Gasteiger partial charge in [-0.05, 0) is 47.1 Å². The van der Waals surface area contributed by atoms with Gasteiger partial charge in [-0.15, -0.1) is 11.3 Å². The van der Waals surface area contributed by atoms with Crippen molar-refractivity contribution in [3.05, 3.63) is 73.8 Å². The molecule has 5 nitrogen and oxygen atoms in total. The van der Waals surface area contributed by atoms with E-state index in [1.54, 1.807) is 16.0 Å². The number of allylic oxidation sites excluding steroid dienone is 1. The molecule has 2 N–H and O–H groups in total. The van der Waals surface area contributed by atoms with E-state index in [1.807, 2.05) is 49.4 Å². The molecule has 1 aliphatic heterocycles. The lowest BCUT2D eigenvalue weighted by Gasteiger charge is -2.23. The Labute approximate surface area is 157 Å². The standard InChI is InChI=1S/C18H13BrN4OS/c1-10-15-16(13-7-8-14(19)25-13)12(9-20)17(21)24-18(15)23(22-10)11-5-3-2-4-6-11/h2-8,16H,21H2,1H3. The maximum Gasteiger partial charge on any atom is 0.229 e. The molecule has 1 unspecified atom stereocenters. The van der Waals surface area contributed by atoms with Crippen LogP contribution in [0.4, 0.5) is 0 Å². The SMILES string of the molecule is Cc1nn(-c2ccccc2)c2c1C(c1ccc(Br)s1)C(C#N)=C(N)O2. The minimum Gasteiger partial charge on any atom is -0.422 e. The first-order valence-corrected chi connectivity index (χ1v) is 9.19. The van der Waals surface area contributed by atoms with E-state index in [1.165, 1.54) is 0 Å². The van der Waals surface area contributed by atoms with E-state index in [4.69, 9.17) is 10.5 Å². The zero-order valence-electron chi connectivity index (χ0n) is 13.2. The van der Waals surface area contributed by atoms with Crippen LogP contribution in [0, 0.1) is 18.3 Å². The molecule has 1 aromatic carbocycles. The number of hydrogen-bond acceptors (Lipinski definition) is 5. The third-order valence-electron chi connectivity index (χ3n) is 4.11. The number of fused-ring (bicyclic) bond motifs is 1. The number of nitriles is 1. The van der Waals surface area contributed by atoms with Gasteiger partial charge in [0.05, 0.1) is 26.6 Å². The Morgan fingerprint density at radius 1 is 1.28 bits per heavy atom. The maximum atomic E-state index is 9.64. The van der Waals surface area contributed by atoms with Crippen LogP contribution in [0.2, 0.25) is 0 Å². The highest BCUT2D eigenvalue weighted by molar-refractivity contribution is 9.11. The smallest absolute Gasteiger partial charge is 0.229 e. The molecular weight excluding hydrogens is 400 g/mol. The van der Waals surface area contributed by atoms with Gasteiger partial charge in [0.1, 0.15) is 11.6 Å². The largest absolute Gasteiger partial charge is 0.422 e. The monoisotopic (exact) mass is 412 g/mol. The molecule has 0 saturated heterocycles. The number of ether oxygens (including phenoxy) is 1. The van der Waals surface area contributed by atoms with Crippen LogP contribution >= 0.6 is 27.3 Å². The molecule has 0 bridgehead atoms. The molecule has 0 aliphatic carbocycles. The minimum atomic E-state index is -0.275. The molecule has 0 saturated carbocycles. The first-order chi connectivity index (χ1) is 12.1. The van der Waals surface area contributed by atoms with Gasteiger partial charge in [-0.25, -0.2) is 4.68 Å². The van der Waals surface area contributed by atoms with E-state index in [9.17, 15) is 5.26 Å². The predicted octanol–water partition coefficient (Wildman–Crippen LogP) is 4.22. The molecule has 0 amide bonds. The number of halogens is 1. The van der Waals surface area contributed by atoms with Crippen molar-refractivity contribution in [2.45, 2.75) is 12.8 Å². The van der Waals surface area contributed by atoms with Crippen LogP contribution in [0.3, 0.4) is 0 Å². The van der Waals surface area contributed by atoms with Gasteiger partial charge in [0.15, 0.2) is 0 Å². The summed E-state index contributed by atoms with van der Waals surface area (Å²) < 4.78 is 8.57. The summed E-state index contributed by atoms with van der Waals surface area (Å²) in [7, 11) is 0. The van der Waals surface area contributed by atoms with Gasteiger partial charge < -0.3 is 10.5 Å². The summed E-state index contributed by atoms with van der Waals surface area (Å²) >= 11 is 5.07. The average Bonchev–Trinajstić information content (AvgIpc) is 3.18. The van der Waals surface area contributed by atoms with Crippen molar-refractivity contribution < 1.29 is 4.74 Å². The van der Waals surface area contributed by atoms with Gasteiger partial charge >= 0.3 is 0 Å². The molecule has 1 atom stereocenters. The fourth-order valence-electron chi connectivity index (χ4n) is 3.03. The summed E-state index contributed by atoms with van der Waals surface area (Å²) in [4.78, 5) is 1.02. The molecule has 7 heteroatoms. The summed E-state index contributed by atoms with van der Waals surface area (Å²) in [6.45, 7) is 1.92. The van der Waals surface area contributed by atoms with Gasteiger partial charge in [0, 0.05) is 4.88 Å². The molecule has 25 heavy (non-hydrogen) atoms. The molecule has 1 aliphatic rings. The third kappa shape index (κ3) is 2.54.